The van der Waals surface area contributed by atoms with Gasteiger partial charge >= 0.3 is 0 Å². The first-order valence-electron chi connectivity index (χ1n) is 9.25. The molecule has 3 aromatic rings. The molecule has 6 nitrogen and oxygen atoms in total. The van der Waals surface area contributed by atoms with Gasteiger partial charge in [-0.3, -0.25) is 14.9 Å². The molecule has 0 saturated heterocycles. The Labute approximate surface area is 177 Å². The lowest BCUT2D eigenvalue weighted by Crippen LogP contribution is -2.30. The van der Waals surface area contributed by atoms with E-state index in [1.54, 1.807) is 12.1 Å². The monoisotopic (exact) mass is 442 g/mol. The number of imide groups is 1. The van der Waals surface area contributed by atoms with Gasteiger partial charge in [-0.2, -0.15) is 0 Å². The number of nitrogens with one attached hydrogen (secondary N) is 2. The fourth-order valence-electron chi connectivity index (χ4n) is 3.42. The molecule has 0 bridgehead atoms. The summed E-state index contributed by atoms with van der Waals surface area (Å²) in [6.45, 7) is 0. The zero-order valence-corrected chi connectivity index (χ0v) is 16.7. The summed E-state index contributed by atoms with van der Waals surface area (Å²) in [6, 6.07) is 13.8. The molecule has 1 heterocycles. The van der Waals surface area contributed by atoms with Crippen LogP contribution in [0.3, 0.4) is 0 Å². The summed E-state index contributed by atoms with van der Waals surface area (Å²) in [6.07, 6.45) is 0.0599. The summed E-state index contributed by atoms with van der Waals surface area (Å²) in [5.74, 6) is -2.31. The number of amides is 2. The average Bonchev–Trinajstić information content (AvgIpc) is 3.01. The van der Waals surface area contributed by atoms with E-state index in [9.17, 15) is 26.8 Å². The van der Waals surface area contributed by atoms with Crippen LogP contribution in [0.1, 0.15) is 37.9 Å². The van der Waals surface area contributed by atoms with Gasteiger partial charge in [0.25, 0.3) is 11.8 Å². The van der Waals surface area contributed by atoms with Crippen molar-refractivity contribution >= 4 is 21.8 Å². The molecule has 1 aliphatic rings. The smallest absolute Gasteiger partial charge is 0.258 e. The quantitative estimate of drug-likeness (QED) is 0.574. The molecule has 3 aromatic carbocycles. The van der Waals surface area contributed by atoms with E-state index in [0.717, 1.165) is 6.07 Å². The fraction of sp³-hybridized carbons (Fsp3) is 0.0909. The Morgan fingerprint density at radius 3 is 2.23 bits per heavy atom. The Bertz CT molecular complexity index is 1310. The Morgan fingerprint density at radius 1 is 0.839 bits per heavy atom. The topological polar surface area (TPSA) is 92.3 Å². The van der Waals surface area contributed by atoms with Crippen LogP contribution in [0.2, 0.25) is 0 Å². The second-order valence-corrected chi connectivity index (χ2v) is 8.77. The minimum atomic E-state index is -4.17. The first-order valence-corrected chi connectivity index (χ1v) is 10.7. The Kier molecular flexibility index (Phi) is 5.38. The van der Waals surface area contributed by atoms with E-state index < -0.39 is 39.5 Å². The van der Waals surface area contributed by atoms with E-state index in [0.29, 0.717) is 11.1 Å². The number of fused-ring (bicyclic) bond motifs is 1. The Morgan fingerprint density at radius 2 is 1.52 bits per heavy atom. The maximum absolute atomic E-state index is 13.8. The van der Waals surface area contributed by atoms with Crippen LogP contribution in [-0.2, 0) is 16.4 Å². The van der Waals surface area contributed by atoms with E-state index in [1.807, 2.05) is 0 Å². The molecule has 1 aliphatic heterocycles. The summed E-state index contributed by atoms with van der Waals surface area (Å²) in [5.41, 5.74) is 0.906. The molecule has 0 radical (unpaired) electrons. The predicted octanol–water partition coefficient (Wildman–Crippen LogP) is 3.11. The van der Waals surface area contributed by atoms with Crippen molar-refractivity contribution in [2.24, 2.45) is 0 Å². The van der Waals surface area contributed by atoms with Gasteiger partial charge in [-0.25, -0.2) is 21.9 Å². The molecule has 9 heteroatoms. The summed E-state index contributed by atoms with van der Waals surface area (Å²) >= 11 is 0. The lowest BCUT2D eigenvalue weighted by molar-refractivity contribution is 0.0879. The average molecular weight is 442 g/mol. The minimum absolute atomic E-state index is 0.0414. The van der Waals surface area contributed by atoms with Gasteiger partial charge in [-0.1, -0.05) is 24.3 Å². The second kappa shape index (κ2) is 8.01. The molecule has 0 spiro atoms. The third-order valence-corrected chi connectivity index (χ3v) is 6.36. The van der Waals surface area contributed by atoms with Crippen LogP contribution in [0, 0.1) is 11.6 Å². The van der Waals surface area contributed by atoms with Crippen LogP contribution >= 0.6 is 0 Å². The summed E-state index contributed by atoms with van der Waals surface area (Å²) in [5, 5.41) is 2.10. The first-order chi connectivity index (χ1) is 14.7. The number of hydrogen-bond donors (Lipinski definition) is 2. The van der Waals surface area contributed by atoms with Crippen molar-refractivity contribution in [3.05, 3.63) is 101 Å². The lowest BCUT2D eigenvalue weighted by atomic mass is 9.99. The van der Waals surface area contributed by atoms with Crippen molar-refractivity contribution in [3.8, 4) is 0 Å². The summed E-state index contributed by atoms with van der Waals surface area (Å²) < 4.78 is 56.0. The van der Waals surface area contributed by atoms with Crippen LogP contribution in [0.15, 0.2) is 71.6 Å². The molecule has 2 N–H and O–H groups in total. The molecule has 2 amide bonds. The van der Waals surface area contributed by atoms with Crippen LogP contribution in [0.4, 0.5) is 8.78 Å². The van der Waals surface area contributed by atoms with Gasteiger partial charge in [0.2, 0.25) is 10.0 Å². The van der Waals surface area contributed by atoms with Gasteiger partial charge in [0.1, 0.15) is 11.6 Å². The zero-order valence-electron chi connectivity index (χ0n) is 15.9. The molecular formula is C22H16F2N2O4S. The number of halogens is 2. The molecule has 0 fully saturated rings. The second-order valence-electron chi connectivity index (χ2n) is 7.05. The van der Waals surface area contributed by atoms with Crippen LogP contribution in [0.25, 0.3) is 0 Å². The van der Waals surface area contributed by atoms with Gasteiger partial charge in [0.15, 0.2) is 0 Å². The number of rotatable bonds is 6. The van der Waals surface area contributed by atoms with E-state index in [-0.39, 0.29) is 22.4 Å². The van der Waals surface area contributed by atoms with Crippen molar-refractivity contribution < 1.29 is 26.8 Å². The molecule has 0 aromatic heterocycles. The third kappa shape index (κ3) is 4.37. The zero-order chi connectivity index (χ0) is 22.2. The largest absolute Gasteiger partial charge is 0.288 e. The molecule has 0 saturated carbocycles. The molecular weight excluding hydrogens is 426 g/mol. The number of sulfonamides is 1. The van der Waals surface area contributed by atoms with Gasteiger partial charge in [0.05, 0.1) is 22.1 Å². The van der Waals surface area contributed by atoms with E-state index >= 15 is 0 Å². The SMILES string of the molecule is O=C1NC(=O)c2cc(S(=O)(=O)NC(Cc3cccc(F)c3)c3cccc(F)c3)ccc21. The molecule has 158 valence electrons. The first kappa shape index (κ1) is 20.8. The van der Waals surface area contributed by atoms with Gasteiger partial charge in [0, 0.05) is 0 Å². The highest BCUT2D eigenvalue weighted by Crippen LogP contribution is 2.25. The summed E-state index contributed by atoms with van der Waals surface area (Å²) in [4.78, 5) is 23.4. The predicted molar refractivity (Wildman–Crippen MR) is 108 cm³/mol. The van der Waals surface area contributed by atoms with Crippen molar-refractivity contribution in [2.45, 2.75) is 17.4 Å². The van der Waals surface area contributed by atoms with Crippen molar-refractivity contribution in [2.75, 3.05) is 0 Å². The standard InChI is InChI=1S/C22H16F2N2O4S/c23-15-5-1-3-13(9-15)10-20(14-4-2-6-16(24)11-14)26-31(29,30)17-7-8-18-19(12-17)22(28)25-21(18)27/h1-9,11-12,20,26H,10H2,(H,25,27,28). The molecule has 0 aliphatic carbocycles. The van der Waals surface area contributed by atoms with E-state index in [1.165, 1.54) is 48.5 Å². The minimum Gasteiger partial charge on any atom is -0.288 e. The number of benzene rings is 3. The molecule has 1 unspecified atom stereocenters. The third-order valence-electron chi connectivity index (χ3n) is 4.89. The van der Waals surface area contributed by atoms with Crippen LogP contribution in [-0.4, -0.2) is 20.2 Å². The molecule has 31 heavy (non-hydrogen) atoms. The van der Waals surface area contributed by atoms with Crippen molar-refractivity contribution in [1.82, 2.24) is 10.0 Å². The highest BCUT2D eigenvalue weighted by Gasteiger charge is 2.30. The van der Waals surface area contributed by atoms with Crippen molar-refractivity contribution in [1.29, 1.82) is 0 Å². The Hall–Kier alpha value is -3.43. The highest BCUT2D eigenvalue weighted by molar-refractivity contribution is 7.89. The van der Waals surface area contributed by atoms with E-state index in [4.69, 9.17) is 0 Å². The maximum Gasteiger partial charge on any atom is 0.258 e. The number of carbonyl (C=O) groups is 2. The maximum atomic E-state index is 13.8. The Balaban J connectivity index is 1.70. The van der Waals surface area contributed by atoms with E-state index in [2.05, 4.69) is 10.0 Å². The van der Waals surface area contributed by atoms with Crippen LogP contribution < -0.4 is 10.0 Å². The van der Waals surface area contributed by atoms with Gasteiger partial charge in [-0.05, 0) is 60.0 Å². The van der Waals surface area contributed by atoms with Crippen molar-refractivity contribution in [3.63, 3.8) is 0 Å². The number of hydrogen-bond acceptors (Lipinski definition) is 4. The lowest BCUT2D eigenvalue weighted by Gasteiger charge is -2.20. The fourth-order valence-corrected chi connectivity index (χ4v) is 4.67. The van der Waals surface area contributed by atoms with Gasteiger partial charge in [-0.15, -0.1) is 0 Å². The van der Waals surface area contributed by atoms with Gasteiger partial charge < -0.3 is 0 Å². The summed E-state index contributed by atoms with van der Waals surface area (Å²) in [7, 11) is -4.17. The molecule has 1 atom stereocenters. The molecule has 4 rings (SSSR count). The normalized spacial score (nSPS) is 14.3. The van der Waals surface area contributed by atoms with Crippen LogP contribution in [0.5, 0.6) is 0 Å². The number of carbonyl (C=O) groups excluding carboxylic acids is 2. The highest BCUT2D eigenvalue weighted by atomic mass is 32.2.